The van der Waals surface area contributed by atoms with E-state index in [9.17, 15) is 18.0 Å². The second-order valence-electron chi connectivity index (χ2n) is 9.24. The summed E-state index contributed by atoms with van der Waals surface area (Å²) < 4.78 is 51.9. The van der Waals surface area contributed by atoms with Crippen molar-refractivity contribution in [2.75, 3.05) is 20.3 Å². The molecule has 3 aromatic heterocycles. The van der Waals surface area contributed by atoms with E-state index in [1.165, 1.54) is 12.1 Å². The smallest absolute Gasteiger partial charge is 0.433 e. The van der Waals surface area contributed by atoms with E-state index in [-0.39, 0.29) is 22.9 Å². The van der Waals surface area contributed by atoms with Gasteiger partial charge in [-0.05, 0) is 43.7 Å². The zero-order valence-electron chi connectivity index (χ0n) is 18.4. The Balaban J connectivity index is 1.42. The average Bonchev–Trinajstić information content (AvgIpc) is 3.11. The third-order valence-corrected chi connectivity index (χ3v) is 6.74. The number of carbonyl (C=O) groups is 1. The number of nitrogens with zero attached hydrogens (tertiary/aromatic N) is 3. The van der Waals surface area contributed by atoms with Crippen LogP contribution in [-0.4, -0.2) is 40.5 Å². The topological polar surface area (TPSA) is 65.7 Å². The molecule has 3 aliphatic carbocycles. The average molecular weight is 459 g/mol. The summed E-state index contributed by atoms with van der Waals surface area (Å²) in [5, 5.41) is 0. The molecule has 174 valence electrons. The van der Waals surface area contributed by atoms with Gasteiger partial charge in [0.1, 0.15) is 22.8 Å². The number of pyridine rings is 2. The van der Waals surface area contributed by atoms with Crippen LogP contribution in [0.3, 0.4) is 0 Å². The third-order valence-electron chi connectivity index (χ3n) is 6.74. The Bertz CT molecular complexity index is 1210. The molecule has 0 aliphatic heterocycles. The fourth-order valence-electron chi connectivity index (χ4n) is 5.48. The van der Waals surface area contributed by atoms with Gasteiger partial charge in [-0.15, -0.1) is 0 Å². The van der Waals surface area contributed by atoms with Crippen LogP contribution in [0.2, 0.25) is 0 Å². The number of alkyl halides is 3. The number of aromatic nitrogens is 3. The number of halogens is 3. The summed E-state index contributed by atoms with van der Waals surface area (Å²) in [5.41, 5.74) is 1.38. The molecule has 0 aromatic carbocycles. The zero-order valence-corrected chi connectivity index (χ0v) is 18.4. The fourth-order valence-corrected chi connectivity index (χ4v) is 5.48. The van der Waals surface area contributed by atoms with Gasteiger partial charge in [0.15, 0.2) is 5.78 Å². The highest BCUT2D eigenvalue weighted by atomic mass is 19.4. The molecule has 0 N–H and O–H groups in total. The molecule has 33 heavy (non-hydrogen) atoms. The molecular weight excluding hydrogens is 435 g/mol. The van der Waals surface area contributed by atoms with Crippen LogP contribution in [0, 0.1) is 5.41 Å². The van der Waals surface area contributed by atoms with Gasteiger partial charge in [0.05, 0.1) is 18.9 Å². The first-order valence-corrected chi connectivity index (χ1v) is 10.9. The number of ether oxygens (including phenoxy) is 2. The second kappa shape index (κ2) is 7.55. The molecule has 0 amide bonds. The van der Waals surface area contributed by atoms with Crippen molar-refractivity contribution in [1.29, 1.82) is 0 Å². The molecule has 3 heterocycles. The van der Waals surface area contributed by atoms with E-state index in [1.807, 2.05) is 17.5 Å². The number of Topliss-reactive ketones (excluding diaryl/α,β-unsaturated/α-hetero) is 1. The minimum Gasteiger partial charge on any atom is -0.493 e. The lowest BCUT2D eigenvalue weighted by molar-refractivity contribution is -0.176. The highest BCUT2D eigenvalue weighted by molar-refractivity contribution is 5.96. The predicted octanol–water partition coefficient (Wildman–Crippen LogP) is 4.64. The van der Waals surface area contributed by atoms with Crippen LogP contribution < -0.4 is 4.74 Å². The summed E-state index contributed by atoms with van der Waals surface area (Å²) in [6.45, 7) is 2.99. The van der Waals surface area contributed by atoms with Gasteiger partial charge < -0.3 is 13.9 Å². The maximum absolute atomic E-state index is 13.0. The highest BCUT2D eigenvalue weighted by Crippen LogP contribution is 2.73. The molecule has 3 fully saturated rings. The van der Waals surface area contributed by atoms with Gasteiger partial charge in [0.2, 0.25) is 0 Å². The van der Waals surface area contributed by atoms with Crippen molar-refractivity contribution in [3.8, 4) is 5.75 Å². The van der Waals surface area contributed by atoms with Gasteiger partial charge in [-0.25, -0.2) is 9.97 Å². The van der Waals surface area contributed by atoms with Crippen LogP contribution in [0.15, 0.2) is 36.7 Å². The number of fused-ring (bicyclic) bond motifs is 1. The van der Waals surface area contributed by atoms with Gasteiger partial charge in [0.25, 0.3) is 0 Å². The number of methoxy groups -OCH3 is 1. The molecular formula is C24H24F3N3O3. The van der Waals surface area contributed by atoms with Crippen LogP contribution in [-0.2, 0) is 22.7 Å². The van der Waals surface area contributed by atoms with Crippen LogP contribution in [0.4, 0.5) is 13.2 Å². The molecule has 3 aliphatic rings. The van der Waals surface area contributed by atoms with Crippen LogP contribution in [0.1, 0.15) is 53.6 Å². The molecule has 0 radical (unpaired) electrons. The van der Waals surface area contributed by atoms with E-state index in [4.69, 9.17) is 14.5 Å². The third kappa shape index (κ3) is 3.68. The molecule has 9 heteroatoms. The Hall–Kier alpha value is -2.94. The molecule has 0 unspecified atom stereocenters. The van der Waals surface area contributed by atoms with Crippen molar-refractivity contribution in [2.24, 2.45) is 5.41 Å². The Kier molecular flexibility index (Phi) is 5.00. The molecule has 3 saturated carbocycles. The number of hydrogen-bond donors (Lipinski definition) is 0. The summed E-state index contributed by atoms with van der Waals surface area (Å²) in [7, 11) is 1.73. The summed E-state index contributed by atoms with van der Waals surface area (Å²) in [5.74, 6) is -0.0152. The van der Waals surface area contributed by atoms with Crippen molar-refractivity contribution >= 4 is 11.4 Å². The molecule has 3 aromatic rings. The largest absolute Gasteiger partial charge is 0.493 e. The number of hydrogen-bond acceptors (Lipinski definition) is 5. The van der Waals surface area contributed by atoms with Gasteiger partial charge >= 0.3 is 6.18 Å². The first-order valence-electron chi connectivity index (χ1n) is 10.9. The van der Waals surface area contributed by atoms with Crippen molar-refractivity contribution < 1.29 is 27.4 Å². The maximum Gasteiger partial charge on any atom is 0.433 e. The number of imidazole rings is 1. The standard InChI is InChI=1S/C24H24F3N3O3/c1-3-33-18-8-21-29-20(23-11-22(12-23,13-23)14-32-2)10-30(21)9-15(18)7-17(31)16-5-4-6-19(28-16)24(25,26)27/h4-6,8-10H,3,7,11-14H2,1-2H3. The van der Waals surface area contributed by atoms with E-state index in [2.05, 4.69) is 4.98 Å². The predicted molar refractivity (Wildman–Crippen MR) is 113 cm³/mol. The Morgan fingerprint density at radius 3 is 2.61 bits per heavy atom. The van der Waals surface area contributed by atoms with Gasteiger partial charge in [-0.2, -0.15) is 13.2 Å². The quantitative estimate of drug-likeness (QED) is 0.459. The lowest BCUT2D eigenvalue weighted by Gasteiger charge is -2.70. The minimum atomic E-state index is -4.61. The van der Waals surface area contributed by atoms with E-state index >= 15 is 0 Å². The molecule has 6 rings (SSSR count). The van der Waals surface area contributed by atoms with Crippen molar-refractivity contribution in [2.45, 2.75) is 44.2 Å². The summed E-state index contributed by atoms with van der Waals surface area (Å²) in [6, 6.07) is 5.12. The maximum atomic E-state index is 13.0. The van der Waals surface area contributed by atoms with Gasteiger partial charge in [-0.1, -0.05) is 6.07 Å². The van der Waals surface area contributed by atoms with Gasteiger partial charge in [0, 0.05) is 43.0 Å². The Labute approximate surface area is 188 Å². The van der Waals surface area contributed by atoms with E-state index in [1.54, 1.807) is 19.4 Å². The normalized spacial score (nSPS) is 23.8. The highest BCUT2D eigenvalue weighted by Gasteiger charge is 2.69. The molecule has 2 bridgehead atoms. The number of ketones is 1. The van der Waals surface area contributed by atoms with Crippen molar-refractivity contribution in [3.05, 3.63) is 59.3 Å². The zero-order chi connectivity index (χ0) is 23.4. The molecule has 6 nitrogen and oxygen atoms in total. The summed E-state index contributed by atoms with van der Waals surface area (Å²) in [6.07, 6.45) is 2.20. The number of rotatable bonds is 8. The van der Waals surface area contributed by atoms with Crippen LogP contribution >= 0.6 is 0 Å². The first kappa shape index (κ1) is 21.9. The van der Waals surface area contributed by atoms with Crippen molar-refractivity contribution in [3.63, 3.8) is 0 Å². The van der Waals surface area contributed by atoms with E-state index < -0.39 is 17.7 Å². The first-order chi connectivity index (χ1) is 15.7. The Morgan fingerprint density at radius 2 is 1.94 bits per heavy atom. The van der Waals surface area contributed by atoms with E-state index in [0.717, 1.165) is 37.6 Å². The lowest BCUT2D eigenvalue weighted by atomic mass is 9.34. The Morgan fingerprint density at radius 1 is 1.18 bits per heavy atom. The molecule has 0 atom stereocenters. The second-order valence-corrected chi connectivity index (χ2v) is 9.24. The molecule has 0 spiro atoms. The summed E-state index contributed by atoms with van der Waals surface area (Å²) >= 11 is 0. The van der Waals surface area contributed by atoms with Crippen molar-refractivity contribution in [1.82, 2.24) is 14.4 Å². The van der Waals surface area contributed by atoms with Crippen LogP contribution in [0.5, 0.6) is 5.75 Å². The number of carbonyl (C=O) groups excluding carboxylic acids is 1. The van der Waals surface area contributed by atoms with E-state index in [0.29, 0.717) is 23.6 Å². The summed E-state index contributed by atoms with van der Waals surface area (Å²) in [4.78, 5) is 21.1. The minimum absolute atomic E-state index is 0.0915. The van der Waals surface area contributed by atoms with Gasteiger partial charge in [-0.3, -0.25) is 4.79 Å². The lowest BCUT2D eigenvalue weighted by Crippen LogP contribution is -2.66. The van der Waals surface area contributed by atoms with Crippen LogP contribution in [0.25, 0.3) is 5.65 Å². The fraction of sp³-hybridized carbons (Fsp3) is 0.458. The molecule has 0 saturated heterocycles. The SMILES string of the molecule is CCOc1cc2nc(C34CC(COC)(C3)C4)cn2cc1CC(=O)c1cccc(C(F)(F)F)n1. The monoisotopic (exact) mass is 459 g/mol.